The van der Waals surface area contributed by atoms with Crippen molar-refractivity contribution < 1.29 is 4.79 Å². The van der Waals surface area contributed by atoms with Crippen LogP contribution in [0.2, 0.25) is 5.02 Å². The molecule has 0 unspecified atom stereocenters. The average molecular weight is 393 g/mol. The second-order valence-electron chi connectivity index (χ2n) is 6.71. The molecule has 0 atom stereocenters. The molecule has 0 saturated carbocycles. The molecule has 0 saturated heterocycles. The summed E-state index contributed by atoms with van der Waals surface area (Å²) in [5.74, 6) is -0.108. The van der Waals surface area contributed by atoms with Crippen LogP contribution >= 0.6 is 11.6 Å². The maximum absolute atomic E-state index is 12.6. The molecule has 0 aliphatic carbocycles. The fraction of sp³-hybridized carbons (Fsp3) is 0.182. The summed E-state index contributed by atoms with van der Waals surface area (Å²) >= 11 is 6.06. The lowest BCUT2D eigenvalue weighted by Gasteiger charge is -2.08. The van der Waals surface area contributed by atoms with Gasteiger partial charge in [0.25, 0.3) is 5.91 Å². The Morgan fingerprint density at radius 1 is 1.14 bits per heavy atom. The molecule has 2 heterocycles. The van der Waals surface area contributed by atoms with E-state index in [2.05, 4.69) is 39.4 Å². The monoisotopic (exact) mass is 392 g/mol. The summed E-state index contributed by atoms with van der Waals surface area (Å²) in [6.45, 7) is 3.34. The number of aryl methyl sites for hydroxylation is 1. The fourth-order valence-electron chi connectivity index (χ4n) is 3.38. The zero-order valence-corrected chi connectivity index (χ0v) is 16.4. The average Bonchev–Trinajstić information content (AvgIpc) is 3.29. The van der Waals surface area contributed by atoms with E-state index in [1.807, 2.05) is 43.3 Å². The number of aromatic nitrogens is 3. The molecule has 28 heavy (non-hydrogen) atoms. The highest BCUT2D eigenvalue weighted by molar-refractivity contribution is 6.30. The molecule has 0 radical (unpaired) electrons. The van der Waals surface area contributed by atoms with E-state index in [9.17, 15) is 4.79 Å². The van der Waals surface area contributed by atoms with E-state index in [1.165, 1.54) is 10.9 Å². The number of para-hydroxylation sites is 1. The van der Waals surface area contributed by atoms with Crippen molar-refractivity contribution in [3.8, 4) is 5.69 Å². The van der Waals surface area contributed by atoms with Gasteiger partial charge < -0.3 is 9.88 Å². The molecule has 0 bridgehead atoms. The van der Waals surface area contributed by atoms with Crippen LogP contribution in [0.4, 0.5) is 0 Å². The van der Waals surface area contributed by atoms with Crippen LogP contribution in [-0.4, -0.2) is 26.8 Å². The van der Waals surface area contributed by atoms with Crippen molar-refractivity contribution in [1.82, 2.24) is 19.7 Å². The Labute approximate surface area is 168 Å². The van der Waals surface area contributed by atoms with E-state index in [4.69, 9.17) is 11.6 Å². The third-order valence-corrected chi connectivity index (χ3v) is 5.08. The minimum absolute atomic E-state index is 0.108. The molecule has 0 aliphatic rings. The zero-order valence-electron chi connectivity index (χ0n) is 15.6. The van der Waals surface area contributed by atoms with Gasteiger partial charge in [-0.1, -0.05) is 35.9 Å². The first-order chi connectivity index (χ1) is 13.6. The van der Waals surface area contributed by atoms with E-state index in [1.54, 1.807) is 10.9 Å². The van der Waals surface area contributed by atoms with Crippen molar-refractivity contribution in [1.29, 1.82) is 0 Å². The van der Waals surface area contributed by atoms with Crippen LogP contribution in [0.15, 0.2) is 67.0 Å². The molecule has 4 rings (SSSR count). The van der Waals surface area contributed by atoms with Gasteiger partial charge in [-0.25, -0.2) is 4.68 Å². The topological polar surface area (TPSA) is 51.9 Å². The predicted molar refractivity (Wildman–Crippen MR) is 112 cm³/mol. The van der Waals surface area contributed by atoms with Crippen molar-refractivity contribution >= 4 is 28.4 Å². The number of benzene rings is 2. The van der Waals surface area contributed by atoms with Gasteiger partial charge in [-0.3, -0.25) is 4.79 Å². The number of nitrogens with zero attached hydrogens (tertiary/aromatic N) is 3. The van der Waals surface area contributed by atoms with E-state index < -0.39 is 0 Å². The van der Waals surface area contributed by atoms with Gasteiger partial charge in [-0.05, 0) is 49.1 Å². The van der Waals surface area contributed by atoms with Crippen molar-refractivity contribution in [3.05, 3.63) is 83.3 Å². The Morgan fingerprint density at radius 2 is 2.00 bits per heavy atom. The van der Waals surface area contributed by atoms with Crippen LogP contribution < -0.4 is 5.32 Å². The summed E-state index contributed by atoms with van der Waals surface area (Å²) in [5, 5.41) is 9.21. The van der Waals surface area contributed by atoms with Crippen molar-refractivity contribution in [3.63, 3.8) is 0 Å². The summed E-state index contributed by atoms with van der Waals surface area (Å²) in [5.41, 5.74) is 3.42. The molecular weight excluding hydrogens is 372 g/mol. The van der Waals surface area contributed by atoms with E-state index >= 15 is 0 Å². The zero-order chi connectivity index (χ0) is 19.5. The van der Waals surface area contributed by atoms with Crippen LogP contribution in [-0.2, 0) is 6.54 Å². The van der Waals surface area contributed by atoms with Gasteiger partial charge in [-0.2, -0.15) is 5.10 Å². The van der Waals surface area contributed by atoms with Crippen molar-refractivity contribution in [2.24, 2.45) is 0 Å². The summed E-state index contributed by atoms with van der Waals surface area (Å²) in [4.78, 5) is 12.6. The van der Waals surface area contributed by atoms with E-state index in [0.29, 0.717) is 17.1 Å². The molecule has 6 heteroatoms. The summed E-state index contributed by atoms with van der Waals surface area (Å²) in [6, 6.07) is 17.8. The minimum Gasteiger partial charge on any atom is -0.352 e. The largest absolute Gasteiger partial charge is 0.352 e. The Morgan fingerprint density at radius 3 is 2.86 bits per heavy atom. The second kappa shape index (κ2) is 7.90. The number of halogens is 1. The minimum atomic E-state index is -0.108. The highest BCUT2D eigenvalue weighted by Crippen LogP contribution is 2.18. The molecule has 5 nitrogen and oxygen atoms in total. The maximum atomic E-state index is 12.6. The number of fused-ring (bicyclic) bond motifs is 1. The van der Waals surface area contributed by atoms with Crippen molar-refractivity contribution in [2.45, 2.75) is 19.9 Å². The van der Waals surface area contributed by atoms with Gasteiger partial charge in [0.2, 0.25) is 0 Å². The number of amides is 1. The highest BCUT2D eigenvalue weighted by atomic mass is 35.5. The number of hydrogen-bond donors (Lipinski definition) is 1. The highest BCUT2D eigenvalue weighted by Gasteiger charge is 2.15. The van der Waals surface area contributed by atoms with Gasteiger partial charge in [0.1, 0.15) is 0 Å². The summed E-state index contributed by atoms with van der Waals surface area (Å²) < 4.78 is 3.94. The van der Waals surface area contributed by atoms with Gasteiger partial charge in [0.05, 0.1) is 23.1 Å². The number of carbonyl (C=O) groups excluding carboxylic acids is 1. The molecule has 142 valence electrons. The third-order valence-electron chi connectivity index (χ3n) is 4.85. The van der Waals surface area contributed by atoms with Crippen LogP contribution in [0.5, 0.6) is 0 Å². The Kier molecular flexibility index (Phi) is 5.17. The molecule has 1 amide bonds. The SMILES string of the molecule is Cc1c(C(=O)NCCCn2ccc3ccccc32)cnn1-c1cccc(Cl)c1. The van der Waals surface area contributed by atoms with Gasteiger partial charge >= 0.3 is 0 Å². The molecule has 0 spiro atoms. The standard InChI is InChI=1S/C22H21ClN4O/c1-16-20(15-25-27(16)19-8-4-7-18(23)14-19)22(28)24-11-5-12-26-13-10-17-6-2-3-9-21(17)26/h2-4,6-10,13-15H,5,11-12H2,1H3,(H,24,28). The second-order valence-corrected chi connectivity index (χ2v) is 7.15. The molecule has 2 aromatic heterocycles. The van der Waals surface area contributed by atoms with Gasteiger partial charge in [0.15, 0.2) is 0 Å². The van der Waals surface area contributed by atoms with Gasteiger partial charge in [0, 0.05) is 29.8 Å². The third kappa shape index (κ3) is 3.66. The Bertz CT molecular complexity index is 1130. The van der Waals surface area contributed by atoms with Crippen LogP contribution in [0.1, 0.15) is 22.5 Å². The summed E-state index contributed by atoms with van der Waals surface area (Å²) in [7, 11) is 0. The van der Waals surface area contributed by atoms with E-state index in [0.717, 1.165) is 24.3 Å². The fourth-order valence-corrected chi connectivity index (χ4v) is 3.57. The predicted octanol–water partition coefficient (Wildman–Crippen LogP) is 4.61. The molecule has 0 aliphatic heterocycles. The lowest BCUT2D eigenvalue weighted by Crippen LogP contribution is -2.25. The molecule has 2 aromatic carbocycles. The molecular formula is C22H21ClN4O. The van der Waals surface area contributed by atoms with Crippen molar-refractivity contribution in [2.75, 3.05) is 6.54 Å². The summed E-state index contributed by atoms with van der Waals surface area (Å²) in [6.07, 6.45) is 4.54. The number of rotatable bonds is 6. The number of nitrogens with one attached hydrogen (secondary N) is 1. The normalized spacial score (nSPS) is 11.1. The number of carbonyl (C=O) groups is 1. The van der Waals surface area contributed by atoms with Crippen LogP contribution in [0, 0.1) is 6.92 Å². The quantitative estimate of drug-likeness (QED) is 0.487. The Balaban J connectivity index is 1.37. The van der Waals surface area contributed by atoms with Crippen LogP contribution in [0.25, 0.3) is 16.6 Å². The molecule has 4 aromatic rings. The molecule has 0 fully saturated rings. The lowest BCUT2D eigenvalue weighted by atomic mass is 10.2. The lowest BCUT2D eigenvalue weighted by molar-refractivity contribution is 0.0952. The van der Waals surface area contributed by atoms with Crippen LogP contribution in [0.3, 0.4) is 0 Å². The smallest absolute Gasteiger partial charge is 0.254 e. The maximum Gasteiger partial charge on any atom is 0.254 e. The van der Waals surface area contributed by atoms with Gasteiger partial charge in [-0.15, -0.1) is 0 Å². The molecule has 1 N–H and O–H groups in total. The Hall–Kier alpha value is -3.05. The first-order valence-corrected chi connectivity index (χ1v) is 9.64. The first-order valence-electron chi connectivity index (χ1n) is 9.26. The van der Waals surface area contributed by atoms with E-state index in [-0.39, 0.29) is 5.91 Å². The number of hydrogen-bond acceptors (Lipinski definition) is 2. The first kappa shape index (κ1) is 18.3.